The first-order valence-corrected chi connectivity index (χ1v) is 7.27. The van der Waals surface area contributed by atoms with E-state index in [4.69, 9.17) is 5.53 Å². The van der Waals surface area contributed by atoms with E-state index in [9.17, 15) is 5.26 Å². The predicted octanol–water partition coefficient (Wildman–Crippen LogP) is 2.09. The van der Waals surface area contributed by atoms with Crippen LogP contribution in [0.1, 0.15) is 28.7 Å². The summed E-state index contributed by atoms with van der Waals surface area (Å²) in [4.78, 5) is 0. The SMILES string of the molecule is N#CC1(CC[NH+]=[N-])c2ccccc2CCc2ccccc21. The van der Waals surface area contributed by atoms with E-state index < -0.39 is 5.41 Å². The van der Waals surface area contributed by atoms with Crippen molar-refractivity contribution in [3.8, 4) is 6.07 Å². The van der Waals surface area contributed by atoms with Crippen molar-refractivity contribution in [2.75, 3.05) is 6.54 Å². The fourth-order valence-corrected chi connectivity index (χ4v) is 3.41. The van der Waals surface area contributed by atoms with E-state index in [1.165, 1.54) is 11.1 Å². The molecular weight excluding hydrogens is 258 g/mol. The third-order valence-corrected chi connectivity index (χ3v) is 4.42. The number of nitrogens with one attached hydrogen (secondary N) is 1. The zero-order valence-electron chi connectivity index (χ0n) is 11.8. The highest BCUT2D eigenvalue weighted by Gasteiger charge is 2.39. The Hall–Kier alpha value is -2.47. The molecule has 1 N–H and O–H groups in total. The zero-order chi connectivity index (χ0) is 14.7. The molecule has 0 bridgehead atoms. The van der Waals surface area contributed by atoms with Gasteiger partial charge in [-0.1, -0.05) is 48.5 Å². The van der Waals surface area contributed by atoms with Crippen LogP contribution in [-0.2, 0) is 18.3 Å². The first-order valence-electron chi connectivity index (χ1n) is 7.27. The number of hydrogen-bond donors (Lipinski definition) is 1. The number of aryl methyl sites for hydroxylation is 2. The van der Waals surface area contributed by atoms with Crippen LogP contribution in [0, 0.1) is 11.3 Å². The van der Waals surface area contributed by atoms with Gasteiger partial charge in [0.2, 0.25) is 0 Å². The molecule has 0 amide bonds. The smallest absolute Gasteiger partial charge is 0.131 e. The van der Waals surface area contributed by atoms with E-state index in [1.807, 2.05) is 24.3 Å². The van der Waals surface area contributed by atoms with Crippen molar-refractivity contribution in [3.63, 3.8) is 0 Å². The van der Waals surface area contributed by atoms with Crippen molar-refractivity contribution in [3.05, 3.63) is 76.3 Å². The lowest BCUT2D eigenvalue weighted by atomic mass is 9.71. The Balaban J connectivity index is 2.29. The van der Waals surface area contributed by atoms with Gasteiger partial charge in [0.05, 0.1) is 6.07 Å². The van der Waals surface area contributed by atoms with Gasteiger partial charge in [-0.15, -0.1) is 0 Å². The van der Waals surface area contributed by atoms with Crippen LogP contribution in [0.25, 0.3) is 5.53 Å². The summed E-state index contributed by atoms with van der Waals surface area (Å²) in [6, 6.07) is 18.9. The quantitative estimate of drug-likeness (QED) is 0.857. The van der Waals surface area contributed by atoms with Crippen molar-refractivity contribution in [2.24, 2.45) is 0 Å². The van der Waals surface area contributed by atoms with Crippen molar-refractivity contribution in [1.29, 1.82) is 5.26 Å². The third-order valence-electron chi connectivity index (χ3n) is 4.42. The molecule has 0 fully saturated rings. The highest BCUT2D eigenvalue weighted by atomic mass is 14.9. The standard InChI is InChI=1S/C18H17N3/c19-13-18(11-12-21-20)16-7-3-1-5-14(16)9-10-15-6-2-4-8-17(15)18/h1-8,21H,9-12H2. The van der Waals surface area contributed by atoms with Gasteiger partial charge in [-0.3, -0.25) is 0 Å². The highest BCUT2D eigenvalue weighted by Crippen LogP contribution is 2.41. The zero-order valence-corrected chi connectivity index (χ0v) is 11.8. The first-order chi connectivity index (χ1) is 10.3. The van der Waals surface area contributed by atoms with E-state index in [1.54, 1.807) is 0 Å². The van der Waals surface area contributed by atoms with Crippen LogP contribution in [0.3, 0.4) is 0 Å². The van der Waals surface area contributed by atoms with E-state index in [0.29, 0.717) is 13.0 Å². The second-order valence-electron chi connectivity index (χ2n) is 5.49. The van der Waals surface area contributed by atoms with Crippen molar-refractivity contribution < 1.29 is 5.11 Å². The first kappa shape index (κ1) is 13.5. The maximum Gasteiger partial charge on any atom is 0.131 e. The molecule has 2 aromatic carbocycles. The Labute approximate surface area is 124 Å². The summed E-state index contributed by atoms with van der Waals surface area (Å²) in [5.41, 5.74) is 12.9. The van der Waals surface area contributed by atoms with Gasteiger partial charge in [-0.25, -0.2) is 0 Å². The van der Waals surface area contributed by atoms with Crippen LogP contribution >= 0.6 is 0 Å². The van der Waals surface area contributed by atoms with Gasteiger partial charge in [-0.2, -0.15) is 5.26 Å². The van der Waals surface area contributed by atoms with Crippen LogP contribution in [0.4, 0.5) is 0 Å². The van der Waals surface area contributed by atoms with Gasteiger partial charge >= 0.3 is 0 Å². The van der Waals surface area contributed by atoms with Gasteiger partial charge in [0, 0.05) is 6.42 Å². The maximum atomic E-state index is 10.0. The maximum absolute atomic E-state index is 10.0. The summed E-state index contributed by atoms with van der Waals surface area (Å²) in [6.07, 6.45) is 2.44. The largest absolute Gasteiger partial charge is 0.509 e. The molecule has 104 valence electrons. The summed E-state index contributed by atoms with van der Waals surface area (Å²) in [6.45, 7) is 0.385. The number of hydrogen-bond acceptors (Lipinski definition) is 1. The molecule has 0 unspecified atom stereocenters. The molecular formula is C18H17N3. The van der Waals surface area contributed by atoms with Crippen molar-refractivity contribution >= 4 is 0 Å². The number of nitriles is 1. The fraction of sp³-hybridized carbons (Fsp3) is 0.278. The van der Waals surface area contributed by atoms with Gasteiger partial charge in [0.1, 0.15) is 12.0 Å². The molecule has 0 saturated carbocycles. The molecule has 1 aliphatic rings. The Kier molecular flexibility index (Phi) is 3.53. The Morgan fingerprint density at radius 1 is 1.00 bits per heavy atom. The Morgan fingerprint density at radius 3 is 2.00 bits per heavy atom. The molecule has 0 aromatic heterocycles. The molecule has 0 radical (unpaired) electrons. The van der Waals surface area contributed by atoms with E-state index in [2.05, 4.69) is 35.4 Å². The summed E-state index contributed by atoms with van der Waals surface area (Å²) in [5.74, 6) is 0. The minimum absolute atomic E-state index is 0.385. The molecule has 3 rings (SSSR count). The Morgan fingerprint density at radius 2 is 1.52 bits per heavy atom. The lowest BCUT2D eigenvalue weighted by Crippen LogP contribution is -2.64. The van der Waals surface area contributed by atoms with Gasteiger partial charge < -0.3 is 10.6 Å². The van der Waals surface area contributed by atoms with E-state index in [-0.39, 0.29) is 0 Å². The average Bonchev–Trinajstić information content (AvgIpc) is 2.69. The lowest BCUT2D eigenvalue weighted by molar-refractivity contribution is -0.482. The van der Waals surface area contributed by atoms with Crippen LogP contribution in [0.2, 0.25) is 0 Å². The lowest BCUT2D eigenvalue weighted by Gasteiger charge is -2.28. The van der Waals surface area contributed by atoms with Gasteiger partial charge in [0.25, 0.3) is 0 Å². The molecule has 2 aromatic rings. The van der Waals surface area contributed by atoms with Crippen LogP contribution < -0.4 is 5.11 Å². The molecule has 0 heterocycles. The summed E-state index contributed by atoms with van der Waals surface area (Å²) < 4.78 is 0. The molecule has 0 saturated heterocycles. The van der Waals surface area contributed by atoms with Crippen LogP contribution in [-0.4, -0.2) is 6.54 Å². The number of rotatable bonds is 3. The highest BCUT2D eigenvalue weighted by molar-refractivity contribution is 5.54. The van der Waals surface area contributed by atoms with Gasteiger partial charge in [0.15, 0.2) is 0 Å². The molecule has 0 aliphatic heterocycles. The van der Waals surface area contributed by atoms with Crippen molar-refractivity contribution in [2.45, 2.75) is 24.7 Å². The van der Waals surface area contributed by atoms with Crippen LogP contribution in [0.15, 0.2) is 48.5 Å². The minimum atomic E-state index is -0.695. The molecule has 3 heteroatoms. The summed E-state index contributed by atoms with van der Waals surface area (Å²) in [7, 11) is 0. The number of fused-ring (bicyclic) bond motifs is 2. The summed E-state index contributed by atoms with van der Waals surface area (Å²) in [5, 5.41) is 12.2. The topological polar surface area (TPSA) is 60.1 Å². The average molecular weight is 275 g/mol. The second-order valence-corrected chi connectivity index (χ2v) is 5.49. The normalized spacial score (nSPS) is 15.2. The van der Waals surface area contributed by atoms with E-state index in [0.717, 1.165) is 24.0 Å². The van der Waals surface area contributed by atoms with Gasteiger partial charge in [-0.05, 0) is 35.1 Å². The number of benzene rings is 2. The second kappa shape index (κ2) is 5.49. The molecule has 0 atom stereocenters. The van der Waals surface area contributed by atoms with Crippen molar-refractivity contribution in [1.82, 2.24) is 0 Å². The molecule has 0 spiro atoms. The van der Waals surface area contributed by atoms with Crippen LogP contribution in [0.5, 0.6) is 0 Å². The molecule has 3 nitrogen and oxygen atoms in total. The minimum Gasteiger partial charge on any atom is -0.509 e. The fourth-order valence-electron chi connectivity index (χ4n) is 3.41. The van der Waals surface area contributed by atoms with E-state index >= 15 is 0 Å². The molecule has 1 aliphatic carbocycles. The third kappa shape index (κ3) is 2.13. The predicted molar refractivity (Wildman–Crippen MR) is 80.5 cm³/mol. The monoisotopic (exact) mass is 275 g/mol. The molecule has 21 heavy (non-hydrogen) atoms. The Bertz CT molecular complexity index is 665. The number of nitrogens with zero attached hydrogens (tertiary/aromatic N) is 2. The summed E-state index contributed by atoms with van der Waals surface area (Å²) >= 11 is 0.